The topological polar surface area (TPSA) is 78.9 Å². The van der Waals surface area contributed by atoms with Crippen molar-refractivity contribution in [3.8, 4) is 5.75 Å². The van der Waals surface area contributed by atoms with Crippen molar-refractivity contribution in [2.75, 3.05) is 7.11 Å². The lowest BCUT2D eigenvalue weighted by Crippen LogP contribution is -2.35. The van der Waals surface area contributed by atoms with Crippen LogP contribution >= 0.6 is 0 Å². The zero-order valence-electron chi connectivity index (χ0n) is 17.6. The Morgan fingerprint density at radius 3 is 2.39 bits per heavy atom. The molecular weight excluding hydrogens is 468 g/mol. The number of hydrogen-bond acceptors (Lipinski definition) is 6. The summed E-state index contributed by atoms with van der Waals surface area (Å²) >= 11 is 0. The number of carbonyl (C=O) groups excluding carboxylic acids is 1. The minimum absolute atomic E-state index is 0.0788. The SMILES string of the molecule is COc1ccc(COC(=O)[C@]2(c3cccc(F)c3C)C=C(OS(=O)(=O)C(F)(F)F)CC2)cc1. The van der Waals surface area contributed by atoms with E-state index in [1.807, 2.05) is 0 Å². The maximum atomic E-state index is 14.3. The Morgan fingerprint density at radius 1 is 1.12 bits per heavy atom. The number of benzene rings is 2. The molecule has 0 bridgehead atoms. The molecule has 0 aliphatic heterocycles. The van der Waals surface area contributed by atoms with E-state index in [1.165, 1.54) is 32.2 Å². The fourth-order valence-corrected chi connectivity index (χ4v) is 4.07. The van der Waals surface area contributed by atoms with Gasteiger partial charge in [-0.2, -0.15) is 21.6 Å². The van der Waals surface area contributed by atoms with Gasteiger partial charge >= 0.3 is 21.6 Å². The molecule has 11 heteroatoms. The molecule has 0 fully saturated rings. The number of alkyl halides is 3. The van der Waals surface area contributed by atoms with Gasteiger partial charge in [0.1, 0.15) is 29.3 Å². The van der Waals surface area contributed by atoms with Gasteiger partial charge in [-0.05, 0) is 54.3 Å². The van der Waals surface area contributed by atoms with Crippen molar-refractivity contribution >= 4 is 16.1 Å². The van der Waals surface area contributed by atoms with Crippen molar-refractivity contribution in [2.24, 2.45) is 0 Å². The van der Waals surface area contributed by atoms with Crippen molar-refractivity contribution in [3.63, 3.8) is 0 Å². The van der Waals surface area contributed by atoms with Gasteiger partial charge in [0.25, 0.3) is 0 Å². The van der Waals surface area contributed by atoms with E-state index in [9.17, 15) is 30.8 Å². The van der Waals surface area contributed by atoms with Crippen LogP contribution in [0.4, 0.5) is 17.6 Å². The van der Waals surface area contributed by atoms with Crippen LogP contribution in [0.25, 0.3) is 0 Å². The number of rotatable bonds is 7. The second-order valence-electron chi connectivity index (χ2n) is 7.40. The van der Waals surface area contributed by atoms with E-state index in [0.717, 1.165) is 6.08 Å². The van der Waals surface area contributed by atoms with Crippen molar-refractivity contribution < 1.29 is 44.4 Å². The molecule has 6 nitrogen and oxygen atoms in total. The number of esters is 1. The summed E-state index contributed by atoms with van der Waals surface area (Å²) in [6, 6.07) is 10.6. The van der Waals surface area contributed by atoms with E-state index >= 15 is 0 Å². The number of methoxy groups -OCH3 is 1. The van der Waals surface area contributed by atoms with Gasteiger partial charge < -0.3 is 13.7 Å². The standard InChI is InChI=1S/C22H20F4O6S/c1-14-18(4-3-5-19(14)23)21(11-10-17(12-21)32-33(28,29)22(24,25)26)20(27)31-13-15-6-8-16(30-2)9-7-15/h3-9,12H,10-11,13H2,1-2H3/t21-/m0/s1. The zero-order chi connectivity index (χ0) is 24.4. The average molecular weight is 488 g/mol. The maximum Gasteiger partial charge on any atom is 0.534 e. The van der Waals surface area contributed by atoms with Crippen LogP contribution < -0.4 is 4.74 Å². The third kappa shape index (κ3) is 4.97. The molecule has 33 heavy (non-hydrogen) atoms. The summed E-state index contributed by atoms with van der Waals surface area (Å²) in [5, 5.41) is 0. The lowest BCUT2D eigenvalue weighted by molar-refractivity contribution is -0.150. The third-order valence-corrected chi connectivity index (χ3v) is 6.32. The number of carbonyl (C=O) groups is 1. The molecule has 1 aliphatic carbocycles. The van der Waals surface area contributed by atoms with Crippen molar-refractivity contribution in [3.05, 3.63) is 76.8 Å². The predicted octanol–water partition coefficient (Wildman–Crippen LogP) is 4.67. The smallest absolute Gasteiger partial charge is 0.497 e. The monoisotopic (exact) mass is 488 g/mol. The molecule has 0 N–H and O–H groups in total. The zero-order valence-corrected chi connectivity index (χ0v) is 18.4. The number of ether oxygens (including phenoxy) is 2. The molecule has 3 rings (SSSR count). The van der Waals surface area contributed by atoms with E-state index in [4.69, 9.17) is 9.47 Å². The van der Waals surface area contributed by atoms with Gasteiger partial charge in [0.15, 0.2) is 0 Å². The predicted molar refractivity (Wildman–Crippen MR) is 109 cm³/mol. The first-order valence-electron chi connectivity index (χ1n) is 9.68. The van der Waals surface area contributed by atoms with E-state index in [2.05, 4.69) is 4.18 Å². The van der Waals surface area contributed by atoms with Crippen LogP contribution in [-0.4, -0.2) is 27.0 Å². The highest BCUT2D eigenvalue weighted by Crippen LogP contribution is 2.44. The fourth-order valence-electron chi connectivity index (χ4n) is 3.57. The highest BCUT2D eigenvalue weighted by Gasteiger charge is 2.51. The van der Waals surface area contributed by atoms with Crippen LogP contribution in [0.15, 0.2) is 54.3 Å². The molecule has 0 aromatic heterocycles. The van der Waals surface area contributed by atoms with Gasteiger partial charge in [-0.25, -0.2) is 4.39 Å². The summed E-state index contributed by atoms with van der Waals surface area (Å²) in [4.78, 5) is 13.2. The van der Waals surface area contributed by atoms with Gasteiger partial charge in [-0.3, -0.25) is 4.79 Å². The van der Waals surface area contributed by atoms with Gasteiger partial charge in [0.05, 0.1) is 7.11 Å². The molecule has 0 radical (unpaired) electrons. The molecule has 178 valence electrons. The second-order valence-corrected chi connectivity index (χ2v) is 8.94. The Bertz CT molecular complexity index is 1170. The maximum absolute atomic E-state index is 14.3. The number of hydrogen-bond donors (Lipinski definition) is 0. The molecule has 2 aromatic carbocycles. The van der Waals surface area contributed by atoms with E-state index in [1.54, 1.807) is 24.3 Å². The molecule has 0 saturated carbocycles. The Hall–Kier alpha value is -3.08. The molecule has 0 heterocycles. The van der Waals surface area contributed by atoms with E-state index in [-0.39, 0.29) is 30.6 Å². The minimum Gasteiger partial charge on any atom is -0.497 e. The highest BCUT2D eigenvalue weighted by atomic mass is 32.2. The molecule has 1 aliphatic rings. The van der Waals surface area contributed by atoms with Crippen LogP contribution in [0, 0.1) is 12.7 Å². The Labute approximate surface area is 187 Å². The summed E-state index contributed by atoms with van der Waals surface area (Å²) in [6.45, 7) is 1.23. The highest BCUT2D eigenvalue weighted by molar-refractivity contribution is 7.87. The van der Waals surface area contributed by atoms with Gasteiger partial charge in [0.2, 0.25) is 0 Å². The molecule has 2 aromatic rings. The van der Waals surface area contributed by atoms with Crippen molar-refractivity contribution in [1.29, 1.82) is 0 Å². The van der Waals surface area contributed by atoms with E-state index < -0.39 is 38.6 Å². The second kappa shape index (κ2) is 9.05. The van der Waals surface area contributed by atoms with Crippen LogP contribution in [0.3, 0.4) is 0 Å². The number of halogens is 4. The fraction of sp³-hybridized carbons (Fsp3) is 0.318. The average Bonchev–Trinajstić information content (AvgIpc) is 3.17. The first-order chi connectivity index (χ1) is 15.4. The quantitative estimate of drug-likeness (QED) is 0.244. The summed E-state index contributed by atoms with van der Waals surface area (Å²) < 4.78 is 90.1. The molecule has 0 saturated heterocycles. The Morgan fingerprint density at radius 2 is 1.79 bits per heavy atom. The summed E-state index contributed by atoms with van der Waals surface area (Å²) in [5.74, 6) is -1.50. The summed E-state index contributed by atoms with van der Waals surface area (Å²) in [7, 11) is -4.43. The minimum atomic E-state index is -5.93. The number of allylic oxidation sites excluding steroid dienone is 1. The van der Waals surface area contributed by atoms with Crippen molar-refractivity contribution in [2.45, 2.75) is 37.3 Å². The summed E-state index contributed by atoms with van der Waals surface area (Å²) in [5.41, 5.74) is -6.54. The molecule has 1 atom stereocenters. The van der Waals surface area contributed by atoms with Crippen LogP contribution in [0.5, 0.6) is 5.75 Å². The lowest BCUT2D eigenvalue weighted by Gasteiger charge is -2.27. The first-order valence-corrected chi connectivity index (χ1v) is 11.1. The Kier molecular flexibility index (Phi) is 6.73. The third-order valence-electron chi connectivity index (χ3n) is 5.31. The van der Waals surface area contributed by atoms with Crippen LogP contribution in [0.1, 0.15) is 29.5 Å². The largest absolute Gasteiger partial charge is 0.534 e. The first kappa shape index (κ1) is 24.6. The molecular formula is C22H20F4O6S. The van der Waals surface area contributed by atoms with Crippen molar-refractivity contribution in [1.82, 2.24) is 0 Å². The van der Waals surface area contributed by atoms with E-state index in [0.29, 0.717) is 11.3 Å². The van der Waals surface area contributed by atoms with Crippen LogP contribution in [-0.2, 0) is 35.9 Å². The molecule has 0 unspecified atom stereocenters. The van der Waals surface area contributed by atoms with Gasteiger partial charge in [-0.1, -0.05) is 24.3 Å². The normalized spacial score (nSPS) is 18.5. The van der Waals surface area contributed by atoms with Gasteiger partial charge in [-0.15, -0.1) is 0 Å². The molecule has 0 amide bonds. The van der Waals surface area contributed by atoms with Gasteiger partial charge in [0, 0.05) is 6.42 Å². The van der Waals surface area contributed by atoms with Crippen LogP contribution in [0.2, 0.25) is 0 Å². The molecule has 0 spiro atoms. The Balaban J connectivity index is 1.95. The lowest BCUT2D eigenvalue weighted by atomic mass is 9.78. The summed E-state index contributed by atoms with van der Waals surface area (Å²) in [6.07, 6.45) is 0.499.